The van der Waals surface area contributed by atoms with Crippen molar-refractivity contribution in [1.29, 1.82) is 0 Å². The summed E-state index contributed by atoms with van der Waals surface area (Å²) in [6, 6.07) is 13.8. The minimum Gasteiger partial charge on any atom is -0.348 e. The van der Waals surface area contributed by atoms with Crippen LogP contribution in [0.25, 0.3) is 0 Å². The lowest BCUT2D eigenvalue weighted by molar-refractivity contribution is -0.121. The number of nitrogens with one attached hydrogen (secondary N) is 1. The molecule has 0 spiro atoms. The van der Waals surface area contributed by atoms with E-state index < -0.39 is 10.0 Å². The summed E-state index contributed by atoms with van der Waals surface area (Å²) >= 11 is 6.69. The molecule has 0 aliphatic rings. The molecular formula is C18H20Br2N2O3S. The van der Waals surface area contributed by atoms with Crippen molar-refractivity contribution in [3.05, 3.63) is 63.0 Å². The number of carbonyl (C=O) groups is 1. The van der Waals surface area contributed by atoms with Gasteiger partial charge in [0.1, 0.15) is 0 Å². The number of amides is 1. The predicted octanol–water partition coefficient (Wildman–Crippen LogP) is 4.10. The third-order valence-electron chi connectivity index (χ3n) is 3.85. The van der Waals surface area contributed by atoms with Gasteiger partial charge >= 0.3 is 0 Å². The maximum atomic E-state index is 12.7. The van der Waals surface area contributed by atoms with Crippen LogP contribution in [0.15, 0.2) is 62.4 Å². The lowest BCUT2D eigenvalue weighted by Gasteiger charge is -2.22. The fraction of sp³-hybridized carbons (Fsp3) is 0.278. The number of halogens is 2. The molecule has 2 aromatic carbocycles. The highest BCUT2D eigenvalue weighted by Gasteiger charge is 2.25. The van der Waals surface area contributed by atoms with Crippen molar-refractivity contribution < 1.29 is 13.2 Å². The maximum Gasteiger partial charge on any atom is 0.243 e. The molecule has 8 heteroatoms. The van der Waals surface area contributed by atoms with Crippen molar-refractivity contribution in [1.82, 2.24) is 9.62 Å². The second-order valence-electron chi connectivity index (χ2n) is 5.73. The van der Waals surface area contributed by atoms with Gasteiger partial charge in [-0.15, -0.1) is 0 Å². The fourth-order valence-corrected chi connectivity index (χ4v) is 4.52. The molecule has 0 heterocycles. The van der Waals surface area contributed by atoms with Crippen LogP contribution in [0.1, 0.15) is 25.5 Å². The van der Waals surface area contributed by atoms with E-state index in [4.69, 9.17) is 0 Å². The van der Waals surface area contributed by atoms with E-state index in [2.05, 4.69) is 37.2 Å². The van der Waals surface area contributed by atoms with Gasteiger partial charge < -0.3 is 5.32 Å². The zero-order chi connectivity index (χ0) is 19.3. The summed E-state index contributed by atoms with van der Waals surface area (Å²) in [5, 5.41) is 2.85. The SMILES string of the molecule is CCN(CC(=O)N[C@H](C)c1cccc(Br)c1)S(=O)(=O)c1ccc(Br)cc1. The van der Waals surface area contributed by atoms with E-state index >= 15 is 0 Å². The van der Waals surface area contributed by atoms with Gasteiger partial charge in [0.2, 0.25) is 15.9 Å². The number of hydrogen-bond acceptors (Lipinski definition) is 3. The Labute approximate surface area is 171 Å². The molecule has 0 saturated carbocycles. The first-order valence-corrected chi connectivity index (χ1v) is 11.1. The van der Waals surface area contributed by atoms with Crippen molar-refractivity contribution >= 4 is 47.8 Å². The molecule has 0 aliphatic heterocycles. The lowest BCUT2D eigenvalue weighted by Crippen LogP contribution is -2.41. The van der Waals surface area contributed by atoms with Crippen molar-refractivity contribution in [3.8, 4) is 0 Å². The zero-order valence-corrected chi connectivity index (χ0v) is 18.4. The van der Waals surface area contributed by atoms with Gasteiger partial charge in [-0.2, -0.15) is 4.31 Å². The van der Waals surface area contributed by atoms with Crippen molar-refractivity contribution in [2.45, 2.75) is 24.8 Å². The van der Waals surface area contributed by atoms with Crippen LogP contribution in [0.3, 0.4) is 0 Å². The van der Waals surface area contributed by atoms with Crippen LogP contribution in [-0.4, -0.2) is 31.7 Å². The lowest BCUT2D eigenvalue weighted by atomic mass is 10.1. The number of rotatable bonds is 7. The van der Waals surface area contributed by atoms with Gasteiger partial charge in [-0.25, -0.2) is 8.42 Å². The zero-order valence-electron chi connectivity index (χ0n) is 14.4. The molecule has 5 nitrogen and oxygen atoms in total. The number of nitrogens with zero attached hydrogens (tertiary/aromatic N) is 1. The van der Waals surface area contributed by atoms with Crippen molar-refractivity contribution in [2.75, 3.05) is 13.1 Å². The van der Waals surface area contributed by atoms with Gasteiger partial charge in [-0.1, -0.05) is 50.9 Å². The minimum atomic E-state index is -3.73. The van der Waals surface area contributed by atoms with Crippen LogP contribution >= 0.6 is 31.9 Å². The van der Waals surface area contributed by atoms with Crippen LogP contribution in [-0.2, 0) is 14.8 Å². The van der Waals surface area contributed by atoms with Crippen LogP contribution in [0, 0.1) is 0 Å². The van der Waals surface area contributed by atoms with Gasteiger partial charge in [0.05, 0.1) is 17.5 Å². The Bertz CT molecular complexity index is 870. The summed E-state index contributed by atoms with van der Waals surface area (Å²) in [6.07, 6.45) is 0. The molecule has 1 N–H and O–H groups in total. The van der Waals surface area contributed by atoms with Crippen molar-refractivity contribution in [2.24, 2.45) is 0 Å². The van der Waals surface area contributed by atoms with Crippen LogP contribution in [0.5, 0.6) is 0 Å². The maximum absolute atomic E-state index is 12.7. The van der Waals surface area contributed by atoms with E-state index in [0.29, 0.717) is 0 Å². The number of sulfonamides is 1. The molecule has 26 heavy (non-hydrogen) atoms. The largest absolute Gasteiger partial charge is 0.348 e. The number of carbonyl (C=O) groups excluding carboxylic acids is 1. The summed E-state index contributed by atoms with van der Waals surface area (Å²) in [5.41, 5.74) is 0.937. The first-order valence-electron chi connectivity index (χ1n) is 8.04. The summed E-state index contributed by atoms with van der Waals surface area (Å²) in [6.45, 7) is 3.55. The van der Waals surface area contributed by atoms with E-state index in [-0.39, 0.29) is 29.9 Å². The number of likely N-dealkylation sites (N-methyl/N-ethyl adjacent to an activating group) is 1. The molecule has 0 unspecified atom stereocenters. The number of hydrogen-bond donors (Lipinski definition) is 1. The van der Waals surface area contributed by atoms with Gasteiger partial charge in [-0.3, -0.25) is 4.79 Å². The molecule has 0 aliphatic carbocycles. The van der Waals surface area contributed by atoms with Gasteiger partial charge in [0.25, 0.3) is 0 Å². The Kier molecular flexibility index (Phi) is 7.40. The minimum absolute atomic E-state index is 0.162. The Balaban J connectivity index is 2.09. The Morgan fingerprint density at radius 1 is 1.12 bits per heavy atom. The average Bonchev–Trinajstić information content (AvgIpc) is 2.59. The standard InChI is InChI=1S/C18H20Br2N2O3S/c1-3-22(26(24,25)17-9-7-15(19)8-10-17)12-18(23)21-13(2)14-5-4-6-16(20)11-14/h4-11,13H,3,12H2,1-2H3,(H,21,23)/t13-/m1/s1. The first-order chi connectivity index (χ1) is 12.2. The monoisotopic (exact) mass is 502 g/mol. The molecule has 140 valence electrons. The molecule has 0 bridgehead atoms. The van der Waals surface area contributed by atoms with Crippen LogP contribution < -0.4 is 5.32 Å². The van der Waals surface area contributed by atoms with Crippen LogP contribution in [0.4, 0.5) is 0 Å². The second-order valence-corrected chi connectivity index (χ2v) is 9.50. The van der Waals surface area contributed by atoms with E-state index in [9.17, 15) is 13.2 Å². The van der Waals surface area contributed by atoms with Gasteiger partial charge in [0, 0.05) is 15.5 Å². The Hall–Kier alpha value is -1.22. The fourth-order valence-electron chi connectivity index (χ4n) is 2.43. The molecule has 0 radical (unpaired) electrons. The normalized spacial score (nSPS) is 12.8. The van der Waals surface area contributed by atoms with E-state index in [1.165, 1.54) is 16.4 Å². The highest BCUT2D eigenvalue weighted by atomic mass is 79.9. The third kappa shape index (κ3) is 5.39. The summed E-state index contributed by atoms with van der Waals surface area (Å²) in [4.78, 5) is 12.5. The van der Waals surface area contributed by atoms with E-state index in [1.54, 1.807) is 19.1 Å². The first kappa shape index (κ1) is 21.1. The summed E-state index contributed by atoms with van der Waals surface area (Å²) in [5.74, 6) is -0.347. The molecule has 0 saturated heterocycles. The highest BCUT2D eigenvalue weighted by Crippen LogP contribution is 2.20. The second kappa shape index (κ2) is 9.12. The number of benzene rings is 2. The molecule has 1 amide bonds. The molecule has 2 rings (SSSR count). The van der Waals surface area contributed by atoms with Crippen LogP contribution in [0.2, 0.25) is 0 Å². The topological polar surface area (TPSA) is 66.5 Å². The van der Waals surface area contributed by atoms with Crippen molar-refractivity contribution in [3.63, 3.8) is 0 Å². The molecule has 1 atom stereocenters. The molecule has 0 aromatic heterocycles. The highest BCUT2D eigenvalue weighted by molar-refractivity contribution is 9.10. The molecule has 2 aromatic rings. The van der Waals surface area contributed by atoms with Gasteiger partial charge in [-0.05, 0) is 48.9 Å². The predicted molar refractivity (Wildman–Crippen MR) is 109 cm³/mol. The summed E-state index contributed by atoms with van der Waals surface area (Å²) in [7, 11) is -3.73. The molecular weight excluding hydrogens is 484 g/mol. The Morgan fingerprint density at radius 3 is 2.35 bits per heavy atom. The van der Waals surface area contributed by atoms with E-state index in [1.807, 2.05) is 31.2 Å². The smallest absolute Gasteiger partial charge is 0.243 e. The average molecular weight is 504 g/mol. The van der Waals surface area contributed by atoms with E-state index in [0.717, 1.165) is 14.5 Å². The molecule has 0 fully saturated rings. The van der Waals surface area contributed by atoms with Gasteiger partial charge in [0.15, 0.2) is 0 Å². The third-order valence-corrected chi connectivity index (χ3v) is 6.81. The summed E-state index contributed by atoms with van der Waals surface area (Å²) < 4.78 is 28.3. The Morgan fingerprint density at radius 2 is 1.77 bits per heavy atom. The quantitative estimate of drug-likeness (QED) is 0.618.